The number of aromatic nitrogens is 2. The lowest BCUT2D eigenvalue weighted by Crippen LogP contribution is -2.33. The largest absolute Gasteiger partial charge is 0.295 e. The maximum absolute atomic E-state index is 6.19. The van der Waals surface area contributed by atoms with E-state index in [2.05, 4.69) is 16.9 Å². The van der Waals surface area contributed by atoms with E-state index < -0.39 is 0 Å². The molecular formula is C15H16ClN3S. The first-order chi connectivity index (χ1) is 9.74. The van der Waals surface area contributed by atoms with E-state index in [-0.39, 0.29) is 6.04 Å². The van der Waals surface area contributed by atoms with E-state index in [1.165, 1.54) is 5.75 Å². The van der Waals surface area contributed by atoms with Gasteiger partial charge in [-0.15, -0.1) is 0 Å². The van der Waals surface area contributed by atoms with Gasteiger partial charge in [-0.2, -0.15) is 11.8 Å². The highest BCUT2D eigenvalue weighted by Crippen LogP contribution is 2.28. The SMILES string of the molecule is CN1CCSCC1c1nc(Cl)cc(-c2ccccc2)n1. The van der Waals surface area contributed by atoms with E-state index in [4.69, 9.17) is 16.6 Å². The van der Waals surface area contributed by atoms with Gasteiger partial charge in [-0.25, -0.2) is 9.97 Å². The molecule has 1 atom stereocenters. The fraction of sp³-hybridized carbons (Fsp3) is 0.333. The molecule has 3 rings (SSSR count). The van der Waals surface area contributed by atoms with Crippen molar-refractivity contribution in [3.8, 4) is 11.3 Å². The van der Waals surface area contributed by atoms with Crippen LogP contribution in [0.3, 0.4) is 0 Å². The monoisotopic (exact) mass is 305 g/mol. The molecule has 0 saturated carbocycles. The van der Waals surface area contributed by atoms with Crippen LogP contribution in [0.4, 0.5) is 0 Å². The predicted molar refractivity (Wildman–Crippen MR) is 85.2 cm³/mol. The van der Waals surface area contributed by atoms with E-state index in [0.717, 1.165) is 29.4 Å². The summed E-state index contributed by atoms with van der Waals surface area (Å²) in [6, 6.07) is 12.2. The highest BCUT2D eigenvalue weighted by atomic mass is 35.5. The summed E-state index contributed by atoms with van der Waals surface area (Å²) in [6.45, 7) is 1.06. The molecule has 1 saturated heterocycles. The topological polar surface area (TPSA) is 29.0 Å². The Morgan fingerprint density at radius 2 is 2.05 bits per heavy atom. The molecule has 2 aromatic rings. The molecule has 0 spiro atoms. The summed E-state index contributed by atoms with van der Waals surface area (Å²) < 4.78 is 0. The van der Waals surface area contributed by atoms with E-state index in [1.807, 2.05) is 48.2 Å². The van der Waals surface area contributed by atoms with E-state index in [0.29, 0.717) is 5.15 Å². The van der Waals surface area contributed by atoms with Gasteiger partial charge in [0.05, 0.1) is 11.7 Å². The zero-order valence-corrected chi connectivity index (χ0v) is 12.9. The van der Waals surface area contributed by atoms with Gasteiger partial charge in [0.15, 0.2) is 0 Å². The summed E-state index contributed by atoms with van der Waals surface area (Å²) in [5.41, 5.74) is 1.97. The maximum atomic E-state index is 6.19. The van der Waals surface area contributed by atoms with Crippen LogP contribution in [-0.2, 0) is 0 Å². The average Bonchev–Trinajstić information content (AvgIpc) is 2.48. The van der Waals surface area contributed by atoms with Gasteiger partial charge in [0.1, 0.15) is 11.0 Å². The van der Waals surface area contributed by atoms with E-state index in [1.54, 1.807) is 0 Å². The molecule has 1 aromatic heterocycles. The Morgan fingerprint density at radius 3 is 2.80 bits per heavy atom. The van der Waals surface area contributed by atoms with Crippen LogP contribution in [0.5, 0.6) is 0 Å². The lowest BCUT2D eigenvalue weighted by molar-refractivity contribution is 0.264. The van der Waals surface area contributed by atoms with Crippen LogP contribution >= 0.6 is 23.4 Å². The van der Waals surface area contributed by atoms with Gasteiger partial charge in [-0.3, -0.25) is 4.90 Å². The van der Waals surface area contributed by atoms with Crippen molar-refractivity contribution in [3.05, 3.63) is 47.4 Å². The van der Waals surface area contributed by atoms with Gasteiger partial charge < -0.3 is 0 Å². The average molecular weight is 306 g/mol. The molecule has 0 aliphatic carbocycles. The van der Waals surface area contributed by atoms with Crippen LogP contribution in [0.1, 0.15) is 11.9 Å². The van der Waals surface area contributed by atoms with Crippen molar-refractivity contribution in [2.45, 2.75) is 6.04 Å². The third kappa shape index (κ3) is 2.97. The van der Waals surface area contributed by atoms with E-state index in [9.17, 15) is 0 Å². The predicted octanol–water partition coefficient (Wildman–Crippen LogP) is 3.52. The fourth-order valence-electron chi connectivity index (χ4n) is 2.30. The summed E-state index contributed by atoms with van der Waals surface area (Å²) in [5, 5.41) is 0.512. The van der Waals surface area contributed by atoms with Crippen LogP contribution in [0, 0.1) is 0 Å². The first-order valence-corrected chi connectivity index (χ1v) is 8.15. The lowest BCUT2D eigenvalue weighted by atomic mass is 10.1. The highest BCUT2D eigenvalue weighted by molar-refractivity contribution is 7.99. The van der Waals surface area contributed by atoms with Gasteiger partial charge >= 0.3 is 0 Å². The molecule has 1 aliphatic rings. The summed E-state index contributed by atoms with van der Waals surface area (Å²) in [6.07, 6.45) is 0. The first-order valence-electron chi connectivity index (χ1n) is 6.62. The zero-order chi connectivity index (χ0) is 13.9. The van der Waals surface area contributed by atoms with Crippen LogP contribution in [0.25, 0.3) is 11.3 Å². The molecule has 2 heterocycles. The minimum atomic E-state index is 0.245. The number of benzene rings is 1. The second kappa shape index (κ2) is 6.12. The Morgan fingerprint density at radius 1 is 1.25 bits per heavy atom. The number of thioether (sulfide) groups is 1. The van der Waals surface area contributed by atoms with Crippen LogP contribution in [-0.4, -0.2) is 40.0 Å². The Kier molecular flexibility index (Phi) is 4.24. The number of nitrogens with zero attached hydrogens (tertiary/aromatic N) is 3. The van der Waals surface area contributed by atoms with Crippen LogP contribution < -0.4 is 0 Å². The number of halogens is 1. The molecule has 1 fully saturated rings. The zero-order valence-electron chi connectivity index (χ0n) is 11.3. The first kappa shape index (κ1) is 13.9. The second-order valence-electron chi connectivity index (χ2n) is 4.87. The Bertz CT molecular complexity index is 591. The third-order valence-electron chi connectivity index (χ3n) is 3.48. The van der Waals surface area contributed by atoms with Gasteiger partial charge in [-0.1, -0.05) is 41.9 Å². The maximum Gasteiger partial charge on any atom is 0.148 e. The lowest BCUT2D eigenvalue weighted by Gasteiger charge is -2.31. The summed E-state index contributed by atoms with van der Waals surface area (Å²) in [4.78, 5) is 11.5. The van der Waals surface area contributed by atoms with Crippen LogP contribution in [0.2, 0.25) is 5.15 Å². The summed E-state index contributed by atoms with van der Waals surface area (Å²) in [5.74, 6) is 3.01. The van der Waals surface area contributed by atoms with E-state index >= 15 is 0 Å². The van der Waals surface area contributed by atoms with Crippen molar-refractivity contribution in [1.82, 2.24) is 14.9 Å². The van der Waals surface area contributed by atoms with Crippen molar-refractivity contribution >= 4 is 23.4 Å². The molecule has 0 N–H and O–H groups in total. The molecule has 1 aliphatic heterocycles. The van der Waals surface area contributed by atoms with Crippen molar-refractivity contribution in [3.63, 3.8) is 0 Å². The van der Waals surface area contributed by atoms with Gasteiger partial charge in [0.25, 0.3) is 0 Å². The molecule has 1 aromatic carbocycles. The highest BCUT2D eigenvalue weighted by Gasteiger charge is 2.24. The minimum absolute atomic E-state index is 0.245. The fourth-order valence-corrected chi connectivity index (χ4v) is 3.70. The molecule has 0 radical (unpaired) electrons. The number of rotatable bonds is 2. The summed E-state index contributed by atoms with van der Waals surface area (Å²) >= 11 is 8.13. The Balaban J connectivity index is 1.98. The standard InChI is InChI=1S/C15H16ClN3S/c1-19-7-8-20-10-13(19)15-17-12(9-14(16)18-15)11-5-3-2-4-6-11/h2-6,9,13H,7-8,10H2,1H3. The number of hydrogen-bond acceptors (Lipinski definition) is 4. The van der Waals surface area contributed by atoms with Gasteiger partial charge in [0, 0.05) is 29.7 Å². The molecule has 5 heteroatoms. The molecule has 0 bridgehead atoms. The van der Waals surface area contributed by atoms with Crippen molar-refractivity contribution in [1.29, 1.82) is 0 Å². The van der Waals surface area contributed by atoms with Crippen molar-refractivity contribution in [2.24, 2.45) is 0 Å². The van der Waals surface area contributed by atoms with Crippen molar-refractivity contribution in [2.75, 3.05) is 25.1 Å². The molecule has 20 heavy (non-hydrogen) atoms. The molecule has 1 unspecified atom stereocenters. The van der Waals surface area contributed by atoms with Gasteiger partial charge in [0.2, 0.25) is 0 Å². The van der Waals surface area contributed by atoms with Crippen LogP contribution in [0.15, 0.2) is 36.4 Å². The molecule has 0 amide bonds. The number of hydrogen-bond donors (Lipinski definition) is 0. The quantitative estimate of drug-likeness (QED) is 0.794. The van der Waals surface area contributed by atoms with Gasteiger partial charge in [-0.05, 0) is 7.05 Å². The minimum Gasteiger partial charge on any atom is -0.295 e. The molecule has 3 nitrogen and oxygen atoms in total. The normalized spacial score (nSPS) is 20.0. The second-order valence-corrected chi connectivity index (χ2v) is 6.41. The smallest absolute Gasteiger partial charge is 0.148 e. The molecule has 104 valence electrons. The summed E-state index contributed by atoms with van der Waals surface area (Å²) in [7, 11) is 2.12. The Hall–Kier alpha value is -1.10. The Labute approximate surface area is 128 Å². The molecular weight excluding hydrogens is 290 g/mol. The van der Waals surface area contributed by atoms with Crippen molar-refractivity contribution < 1.29 is 0 Å². The third-order valence-corrected chi connectivity index (χ3v) is 4.69.